The number of methoxy groups -OCH3 is 2. The van der Waals surface area contributed by atoms with Gasteiger partial charge in [-0.1, -0.05) is 0 Å². The van der Waals surface area contributed by atoms with Crippen LogP contribution in [0.15, 0.2) is 77.1 Å². The molecule has 3 aromatic carbocycles. The van der Waals surface area contributed by atoms with E-state index in [1.807, 2.05) is 0 Å². The summed E-state index contributed by atoms with van der Waals surface area (Å²) in [7, 11) is 2.90. The number of alkyl halides is 3. The highest BCUT2D eigenvalue weighted by molar-refractivity contribution is 7.07. The molecule has 14 heteroatoms. The van der Waals surface area contributed by atoms with Gasteiger partial charge in [0, 0.05) is 30.2 Å². The minimum Gasteiger partial charge on any atom is -0.497 e. The van der Waals surface area contributed by atoms with Gasteiger partial charge in [0.25, 0.3) is 5.91 Å². The van der Waals surface area contributed by atoms with E-state index in [1.54, 1.807) is 22.1 Å². The summed E-state index contributed by atoms with van der Waals surface area (Å²) in [5.41, 5.74) is 1.77. The molecule has 1 heterocycles. The van der Waals surface area contributed by atoms with Crippen molar-refractivity contribution in [2.24, 2.45) is 4.99 Å². The van der Waals surface area contributed by atoms with E-state index in [1.165, 1.54) is 68.8 Å². The van der Waals surface area contributed by atoms with E-state index in [2.05, 4.69) is 20.4 Å². The highest BCUT2D eigenvalue weighted by atomic mass is 32.1. The van der Waals surface area contributed by atoms with Gasteiger partial charge in [-0.3, -0.25) is 4.79 Å². The average Bonchev–Trinajstić information content (AvgIpc) is 3.37. The predicted octanol–water partition coefficient (Wildman–Crippen LogP) is 6.22. The lowest BCUT2D eigenvalue weighted by molar-refractivity contribution is -0.274. The quantitative estimate of drug-likeness (QED) is 0.162. The number of carbonyl (C=O) groups is 2. The van der Waals surface area contributed by atoms with Gasteiger partial charge in [0.1, 0.15) is 23.1 Å². The Labute approximate surface area is 247 Å². The number of nitrogens with one attached hydrogen (secondary N) is 2. The van der Waals surface area contributed by atoms with Crippen LogP contribution < -0.4 is 29.6 Å². The zero-order valence-corrected chi connectivity index (χ0v) is 23.7. The smallest absolute Gasteiger partial charge is 0.497 e. The number of amides is 3. The molecule has 0 radical (unpaired) electrons. The Morgan fingerprint density at radius 1 is 0.953 bits per heavy atom. The van der Waals surface area contributed by atoms with Crippen molar-refractivity contribution in [3.8, 4) is 28.5 Å². The molecule has 9 nitrogen and oxygen atoms in total. The summed E-state index contributed by atoms with van der Waals surface area (Å²) in [6, 6.07) is 14.8. The lowest BCUT2D eigenvalue weighted by atomic mass is 10.1. The Morgan fingerprint density at radius 2 is 1.65 bits per heavy atom. The summed E-state index contributed by atoms with van der Waals surface area (Å²) in [6.07, 6.45) is -4.42. The molecule has 0 spiro atoms. The Hall–Kier alpha value is -4.85. The van der Waals surface area contributed by atoms with Gasteiger partial charge in [-0.2, -0.15) is 4.99 Å². The highest BCUT2D eigenvalue weighted by Crippen LogP contribution is 2.28. The van der Waals surface area contributed by atoms with Crippen LogP contribution in [0.25, 0.3) is 11.3 Å². The number of rotatable bonds is 10. The molecular weight excluding hydrogens is 592 g/mol. The maximum atomic E-state index is 13.2. The second-order valence-corrected chi connectivity index (χ2v) is 9.69. The summed E-state index contributed by atoms with van der Waals surface area (Å²) in [6.45, 7) is 0.524. The molecule has 0 unspecified atom stereocenters. The Morgan fingerprint density at radius 3 is 2.30 bits per heavy atom. The predicted molar refractivity (Wildman–Crippen MR) is 152 cm³/mol. The molecule has 0 saturated carbocycles. The summed E-state index contributed by atoms with van der Waals surface area (Å²) in [5.74, 6) is -0.612. The molecule has 0 bridgehead atoms. The fourth-order valence-electron chi connectivity index (χ4n) is 3.96. The number of hydrogen-bond acceptors (Lipinski definition) is 6. The number of urea groups is 1. The number of thiazole rings is 1. The molecule has 4 aromatic rings. The number of carbonyl (C=O) groups excluding carboxylic acids is 2. The number of halogens is 4. The molecular formula is C29H26F4N4O5S. The van der Waals surface area contributed by atoms with Crippen LogP contribution in [0.1, 0.15) is 16.8 Å². The average molecular weight is 619 g/mol. The first-order valence-electron chi connectivity index (χ1n) is 12.7. The Bertz CT molecular complexity index is 1630. The zero-order chi connectivity index (χ0) is 31.0. The number of nitrogens with zero attached hydrogens (tertiary/aromatic N) is 2. The maximum Gasteiger partial charge on any atom is 0.573 e. The van der Waals surface area contributed by atoms with Crippen LogP contribution in [0.3, 0.4) is 0 Å². The first-order valence-corrected chi connectivity index (χ1v) is 13.6. The van der Waals surface area contributed by atoms with Gasteiger partial charge in [-0.05, 0) is 72.6 Å². The van der Waals surface area contributed by atoms with Crippen LogP contribution in [-0.2, 0) is 6.54 Å². The molecule has 0 aliphatic rings. The van der Waals surface area contributed by atoms with E-state index in [0.717, 1.165) is 11.3 Å². The van der Waals surface area contributed by atoms with Gasteiger partial charge in [0.2, 0.25) is 0 Å². The van der Waals surface area contributed by atoms with Crippen LogP contribution in [-0.4, -0.2) is 43.6 Å². The third-order valence-electron chi connectivity index (χ3n) is 5.96. The molecule has 4 rings (SSSR count). The largest absolute Gasteiger partial charge is 0.573 e. The van der Waals surface area contributed by atoms with Gasteiger partial charge >= 0.3 is 12.4 Å². The molecule has 0 atom stereocenters. The molecule has 0 aliphatic carbocycles. The molecule has 226 valence electrons. The van der Waals surface area contributed by atoms with Crippen molar-refractivity contribution in [2.45, 2.75) is 19.3 Å². The lowest BCUT2D eigenvalue weighted by Gasteiger charge is -2.12. The van der Waals surface area contributed by atoms with E-state index in [0.29, 0.717) is 40.5 Å². The highest BCUT2D eigenvalue weighted by Gasteiger charge is 2.31. The molecule has 3 amide bonds. The van der Waals surface area contributed by atoms with Crippen molar-refractivity contribution in [2.75, 3.05) is 26.1 Å². The Balaban J connectivity index is 1.56. The van der Waals surface area contributed by atoms with E-state index in [9.17, 15) is 27.2 Å². The normalized spacial score (nSPS) is 11.6. The van der Waals surface area contributed by atoms with Crippen molar-refractivity contribution >= 4 is 29.0 Å². The molecule has 2 N–H and O–H groups in total. The number of anilines is 1. The van der Waals surface area contributed by atoms with Gasteiger partial charge in [-0.15, -0.1) is 24.5 Å². The molecule has 0 saturated heterocycles. The number of benzene rings is 3. The van der Waals surface area contributed by atoms with E-state index in [4.69, 9.17) is 9.47 Å². The SMILES string of the molecule is COc1ccc(C(=O)/N=c2\scc(-c3ccc(OC(F)(F)F)cc3)n2CCCNC(=O)Nc2ccc(F)cc2)c(OC)c1. The van der Waals surface area contributed by atoms with Crippen molar-refractivity contribution in [1.29, 1.82) is 0 Å². The van der Waals surface area contributed by atoms with Crippen LogP contribution in [0.5, 0.6) is 17.2 Å². The molecule has 1 aromatic heterocycles. The fraction of sp³-hybridized carbons (Fsp3) is 0.207. The van der Waals surface area contributed by atoms with E-state index >= 15 is 0 Å². The van der Waals surface area contributed by atoms with Crippen molar-refractivity contribution in [1.82, 2.24) is 9.88 Å². The zero-order valence-electron chi connectivity index (χ0n) is 22.9. The second kappa shape index (κ2) is 13.9. The van der Waals surface area contributed by atoms with Crippen LogP contribution in [0, 0.1) is 5.82 Å². The monoisotopic (exact) mass is 618 g/mol. The van der Waals surface area contributed by atoms with Crippen molar-refractivity contribution < 1.29 is 41.4 Å². The minimum absolute atomic E-state index is 0.206. The summed E-state index contributed by atoms with van der Waals surface area (Å²) in [4.78, 5) is 30.1. The first kappa shape index (κ1) is 31.1. The fourth-order valence-corrected chi connectivity index (χ4v) is 4.90. The third kappa shape index (κ3) is 8.58. The number of ether oxygens (including phenoxy) is 3. The summed E-state index contributed by atoms with van der Waals surface area (Å²) in [5, 5.41) is 7.03. The van der Waals surface area contributed by atoms with E-state index < -0.39 is 24.1 Å². The van der Waals surface area contributed by atoms with Crippen molar-refractivity contribution in [3.05, 3.63) is 88.3 Å². The van der Waals surface area contributed by atoms with Crippen molar-refractivity contribution in [3.63, 3.8) is 0 Å². The standard InChI is InChI=1S/C29H26F4N4O5S/c1-40-22-12-13-23(25(16-22)41-2)26(38)36-28-37(15-3-14-34-27(39)35-20-8-6-19(30)7-9-20)24(17-43-28)18-4-10-21(11-5-18)42-29(31,32)33/h4-13,16-17H,3,14-15H2,1-2H3,(H2,34,35,39)/b36-28-. The molecule has 0 fully saturated rings. The first-order chi connectivity index (χ1) is 20.6. The lowest BCUT2D eigenvalue weighted by Crippen LogP contribution is -2.30. The van der Waals surface area contributed by atoms with Crippen LogP contribution in [0.4, 0.5) is 28.0 Å². The summed E-state index contributed by atoms with van der Waals surface area (Å²) >= 11 is 1.16. The van der Waals surface area contributed by atoms with Gasteiger partial charge in [-0.25, -0.2) is 9.18 Å². The van der Waals surface area contributed by atoms with Gasteiger partial charge in [0.15, 0.2) is 4.80 Å². The summed E-state index contributed by atoms with van der Waals surface area (Å²) < 4.78 is 67.2. The minimum atomic E-state index is -4.82. The number of hydrogen-bond donors (Lipinski definition) is 2. The molecule has 0 aliphatic heterocycles. The van der Waals surface area contributed by atoms with Crippen LogP contribution >= 0.6 is 11.3 Å². The van der Waals surface area contributed by atoms with Gasteiger partial charge < -0.3 is 29.4 Å². The van der Waals surface area contributed by atoms with Crippen LogP contribution in [0.2, 0.25) is 0 Å². The maximum absolute atomic E-state index is 13.2. The van der Waals surface area contributed by atoms with E-state index in [-0.39, 0.29) is 23.6 Å². The van der Waals surface area contributed by atoms with Gasteiger partial charge in [0.05, 0.1) is 25.5 Å². The number of aromatic nitrogens is 1. The third-order valence-corrected chi connectivity index (χ3v) is 6.83. The topological polar surface area (TPSA) is 103 Å². The Kier molecular flexibility index (Phi) is 10.0. The second-order valence-electron chi connectivity index (χ2n) is 8.85. The molecule has 43 heavy (non-hydrogen) atoms.